The van der Waals surface area contributed by atoms with E-state index in [0.717, 1.165) is 30.7 Å². The Balaban J connectivity index is 1.44. The van der Waals surface area contributed by atoms with Crippen LogP contribution >= 0.6 is 0 Å². The normalized spacial score (nSPS) is 23.4. The molecule has 0 N–H and O–H groups in total. The summed E-state index contributed by atoms with van der Waals surface area (Å²) >= 11 is 0. The maximum atomic E-state index is 14.5. The van der Waals surface area contributed by atoms with Crippen molar-refractivity contribution in [3.8, 4) is 0 Å². The van der Waals surface area contributed by atoms with Gasteiger partial charge in [-0.3, -0.25) is 0 Å². The standard InChI is InChI=1S/C30H44F2/c1-3-5-7-8-9-10-11-23-13-15-24(16-14-23)25-17-19-26(20-18-25)27-21-29(31)28(12-6-4-2)30(32)22-27/h17-19,21-24,26H,3-16,20H2,1-2H3. The molecule has 0 heterocycles. The van der Waals surface area contributed by atoms with Gasteiger partial charge in [0.15, 0.2) is 0 Å². The molecule has 1 fully saturated rings. The van der Waals surface area contributed by atoms with E-state index in [-0.39, 0.29) is 23.1 Å². The predicted octanol–water partition coefficient (Wildman–Crippen LogP) is 9.83. The molecule has 2 aliphatic rings. The van der Waals surface area contributed by atoms with Crippen molar-refractivity contribution in [2.24, 2.45) is 11.8 Å². The number of unbranched alkanes of at least 4 members (excludes halogenated alkanes) is 6. The topological polar surface area (TPSA) is 0 Å². The first kappa shape index (κ1) is 25.2. The molecule has 3 rings (SSSR count). The second kappa shape index (κ2) is 13.3. The highest BCUT2D eigenvalue weighted by atomic mass is 19.1. The lowest BCUT2D eigenvalue weighted by Gasteiger charge is -2.31. The minimum Gasteiger partial charge on any atom is -0.207 e. The summed E-state index contributed by atoms with van der Waals surface area (Å²) in [5.41, 5.74) is 2.48. The maximum Gasteiger partial charge on any atom is 0.129 e. The number of hydrogen-bond acceptors (Lipinski definition) is 0. The average Bonchev–Trinajstić information content (AvgIpc) is 2.81. The molecule has 32 heavy (non-hydrogen) atoms. The van der Waals surface area contributed by atoms with Crippen LogP contribution in [-0.4, -0.2) is 0 Å². The summed E-state index contributed by atoms with van der Waals surface area (Å²) in [5.74, 6) is 0.945. The monoisotopic (exact) mass is 442 g/mol. The first-order chi connectivity index (χ1) is 15.6. The largest absolute Gasteiger partial charge is 0.207 e. The van der Waals surface area contributed by atoms with Crippen molar-refractivity contribution in [3.63, 3.8) is 0 Å². The van der Waals surface area contributed by atoms with E-state index in [9.17, 15) is 8.78 Å². The molecular weight excluding hydrogens is 398 g/mol. The Kier molecular flexibility index (Phi) is 10.5. The minimum atomic E-state index is -0.375. The molecule has 178 valence electrons. The van der Waals surface area contributed by atoms with Crippen LogP contribution in [0.3, 0.4) is 0 Å². The summed E-state index contributed by atoms with van der Waals surface area (Å²) in [4.78, 5) is 0. The van der Waals surface area contributed by atoms with Crippen molar-refractivity contribution < 1.29 is 8.78 Å². The van der Waals surface area contributed by atoms with Gasteiger partial charge in [-0.25, -0.2) is 8.78 Å². The molecule has 1 aromatic carbocycles. The van der Waals surface area contributed by atoms with Crippen molar-refractivity contribution in [2.45, 2.75) is 116 Å². The lowest BCUT2D eigenvalue weighted by Crippen LogP contribution is -2.17. The lowest BCUT2D eigenvalue weighted by molar-refractivity contribution is 0.282. The van der Waals surface area contributed by atoms with Gasteiger partial charge in [-0.15, -0.1) is 0 Å². The highest BCUT2D eigenvalue weighted by Gasteiger charge is 2.24. The number of hydrogen-bond donors (Lipinski definition) is 0. The van der Waals surface area contributed by atoms with Crippen LogP contribution in [0.25, 0.3) is 0 Å². The molecule has 1 aromatic rings. The predicted molar refractivity (Wildman–Crippen MR) is 133 cm³/mol. The number of allylic oxidation sites excluding steroid dienone is 4. The third kappa shape index (κ3) is 7.29. The second-order valence-corrected chi connectivity index (χ2v) is 10.2. The third-order valence-electron chi connectivity index (χ3n) is 7.78. The number of benzene rings is 1. The molecule has 2 aliphatic carbocycles. The average molecular weight is 443 g/mol. The van der Waals surface area contributed by atoms with E-state index < -0.39 is 0 Å². The SMILES string of the molecule is CCCCCCCCC1CCC(C2=CCC(c3cc(F)c(CCCC)c(F)c3)C=C2)CC1. The fourth-order valence-electron chi connectivity index (χ4n) is 5.61. The Morgan fingerprint density at radius 1 is 0.812 bits per heavy atom. The quantitative estimate of drug-likeness (QED) is 0.282. The first-order valence-electron chi connectivity index (χ1n) is 13.5. The van der Waals surface area contributed by atoms with Gasteiger partial charge in [0, 0.05) is 11.5 Å². The summed E-state index contributed by atoms with van der Waals surface area (Å²) in [6.07, 6.45) is 25.0. The van der Waals surface area contributed by atoms with Crippen LogP contribution in [-0.2, 0) is 6.42 Å². The molecule has 0 aromatic heterocycles. The molecule has 1 atom stereocenters. The van der Waals surface area contributed by atoms with Crippen molar-refractivity contribution in [1.82, 2.24) is 0 Å². The highest BCUT2D eigenvalue weighted by Crippen LogP contribution is 2.39. The maximum absolute atomic E-state index is 14.5. The van der Waals surface area contributed by atoms with E-state index in [1.165, 1.54) is 76.2 Å². The van der Waals surface area contributed by atoms with Crippen LogP contribution in [0.1, 0.15) is 121 Å². The van der Waals surface area contributed by atoms with Crippen molar-refractivity contribution in [3.05, 3.63) is 58.7 Å². The molecule has 0 aliphatic heterocycles. The molecule has 0 saturated heterocycles. The van der Waals surface area contributed by atoms with Gasteiger partial charge in [0.25, 0.3) is 0 Å². The van der Waals surface area contributed by atoms with E-state index in [0.29, 0.717) is 12.3 Å². The van der Waals surface area contributed by atoms with Gasteiger partial charge in [-0.05, 0) is 80.1 Å². The molecule has 0 amide bonds. The van der Waals surface area contributed by atoms with Gasteiger partial charge in [0.1, 0.15) is 11.6 Å². The Labute approximate surface area is 195 Å². The summed E-state index contributed by atoms with van der Waals surface area (Å²) < 4.78 is 29.0. The minimum absolute atomic E-state index is 0.0898. The summed E-state index contributed by atoms with van der Waals surface area (Å²) in [7, 11) is 0. The smallest absolute Gasteiger partial charge is 0.129 e. The van der Waals surface area contributed by atoms with Gasteiger partial charge in [-0.2, -0.15) is 0 Å². The van der Waals surface area contributed by atoms with Gasteiger partial charge in [0.2, 0.25) is 0 Å². The molecule has 0 nitrogen and oxygen atoms in total. The van der Waals surface area contributed by atoms with Gasteiger partial charge in [0.05, 0.1) is 0 Å². The van der Waals surface area contributed by atoms with E-state index in [4.69, 9.17) is 0 Å². The van der Waals surface area contributed by atoms with Crippen molar-refractivity contribution >= 4 is 0 Å². The molecular formula is C30H44F2. The van der Waals surface area contributed by atoms with Crippen LogP contribution < -0.4 is 0 Å². The zero-order valence-corrected chi connectivity index (χ0v) is 20.5. The Morgan fingerprint density at radius 2 is 1.47 bits per heavy atom. The van der Waals surface area contributed by atoms with Gasteiger partial charge >= 0.3 is 0 Å². The summed E-state index contributed by atoms with van der Waals surface area (Å²) in [5, 5.41) is 0. The van der Waals surface area contributed by atoms with E-state index >= 15 is 0 Å². The molecule has 0 spiro atoms. The van der Waals surface area contributed by atoms with Crippen LogP contribution in [0.2, 0.25) is 0 Å². The highest BCUT2D eigenvalue weighted by molar-refractivity contribution is 5.36. The van der Waals surface area contributed by atoms with Crippen LogP contribution in [0.15, 0.2) is 35.9 Å². The Morgan fingerprint density at radius 3 is 2.09 bits per heavy atom. The number of halogens is 2. The molecule has 1 unspecified atom stereocenters. The van der Waals surface area contributed by atoms with Crippen LogP contribution in [0, 0.1) is 23.5 Å². The van der Waals surface area contributed by atoms with E-state index in [1.807, 2.05) is 6.92 Å². The van der Waals surface area contributed by atoms with Gasteiger partial charge < -0.3 is 0 Å². The van der Waals surface area contributed by atoms with E-state index in [1.54, 1.807) is 12.1 Å². The Bertz CT molecular complexity index is 729. The van der Waals surface area contributed by atoms with Crippen molar-refractivity contribution in [1.29, 1.82) is 0 Å². The molecule has 1 saturated carbocycles. The third-order valence-corrected chi connectivity index (χ3v) is 7.78. The van der Waals surface area contributed by atoms with Crippen LogP contribution in [0.5, 0.6) is 0 Å². The van der Waals surface area contributed by atoms with Crippen molar-refractivity contribution in [2.75, 3.05) is 0 Å². The second-order valence-electron chi connectivity index (χ2n) is 10.2. The number of rotatable bonds is 12. The molecule has 2 heteroatoms. The van der Waals surface area contributed by atoms with Gasteiger partial charge in [-0.1, -0.05) is 83.4 Å². The fourth-order valence-corrected chi connectivity index (χ4v) is 5.61. The Hall–Kier alpha value is -1.44. The fraction of sp³-hybridized carbons (Fsp3) is 0.667. The van der Waals surface area contributed by atoms with Crippen LogP contribution in [0.4, 0.5) is 8.78 Å². The summed E-state index contributed by atoms with van der Waals surface area (Å²) in [6.45, 7) is 4.32. The summed E-state index contributed by atoms with van der Waals surface area (Å²) in [6, 6.07) is 3.13. The molecule has 0 radical (unpaired) electrons. The lowest BCUT2D eigenvalue weighted by atomic mass is 9.75. The first-order valence-corrected chi connectivity index (χ1v) is 13.5. The van der Waals surface area contributed by atoms with E-state index in [2.05, 4.69) is 25.2 Å². The molecule has 0 bridgehead atoms. The zero-order chi connectivity index (χ0) is 22.8. The zero-order valence-electron chi connectivity index (χ0n) is 20.5.